The van der Waals surface area contributed by atoms with Gasteiger partial charge in [-0.15, -0.1) is 0 Å². The molecule has 2 aromatic rings. The van der Waals surface area contributed by atoms with Crippen LogP contribution < -0.4 is 16.6 Å². The molecule has 0 fully saturated rings. The first kappa shape index (κ1) is 12.6. The van der Waals surface area contributed by atoms with Gasteiger partial charge in [-0.3, -0.25) is 4.79 Å². The third kappa shape index (κ3) is 2.52. The van der Waals surface area contributed by atoms with Crippen molar-refractivity contribution in [1.82, 2.24) is 9.78 Å². The quantitative estimate of drug-likeness (QED) is 0.884. The average Bonchev–Trinajstić information content (AvgIpc) is 2.40. The van der Waals surface area contributed by atoms with E-state index in [1.165, 1.54) is 10.9 Å². The number of anilines is 2. The highest BCUT2D eigenvalue weighted by Gasteiger charge is 2.07. The standard InChI is InChI=1S/C12H13ClN4O/c1-17-12(18)11(13)10(7-15-17)16-9-4-2-3-8(5-9)6-14/h2-5,7,16H,6,14H2,1H3. The van der Waals surface area contributed by atoms with Gasteiger partial charge in [0.05, 0.1) is 11.9 Å². The molecule has 1 aromatic heterocycles. The number of nitrogens with one attached hydrogen (secondary N) is 1. The monoisotopic (exact) mass is 264 g/mol. The van der Waals surface area contributed by atoms with Gasteiger partial charge >= 0.3 is 0 Å². The fourth-order valence-corrected chi connectivity index (χ4v) is 1.75. The Hall–Kier alpha value is -1.85. The van der Waals surface area contributed by atoms with Gasteiger partial charge in [0.25, 0.3) is 5.56 Å². The number of nitrogens with two attached hydrogens (primary N) is 1. The van der Waals surface area contributed by atoms with E-state index in [0.29, 0.717) is 12.2 Å². The molecule has 1 heterocycles. The lowest BCUT2D eigenvalue weighted by Gasteiger charge is -2.09. The minimum atomic E-state index is -0.336. The van der Waals surface area contributed by atoms with E-state index >= 15 is 0 Å². The molecule has 0 saturated carbocycles. The maximum absolute atomic E-state index is 11.6. The summed E-state index contributed by atoms with van der Waals surface area (Å²) < 4.78 is 1.18. The molecule has 94 valence electrons. The van der Waals surface area contributed by atoms with E-state index < -0.39 is 0 Å². The number of benzene rings is 1. The van der Waals surface area contributed by atoms with Crippen molar-refractivity contribution in [2.45, 2.75) is 6.54 Å². The maximum atomic E-state index is 11.6. The van der Waals surface area contributed by atoms with Crippen LogP contribution in [0.15, 0.2) is 35.3 Å². The summed E-state index contributed by atoms with van der Waals surface area (Å²) >= 11 is 5.96. The van der Waals surface area contributed by atoms with Crippen molar-refractivity contribution in [2.75, 3.05) is 5.32 Å². The first-order valence-corrected chi connectivity index (χ1v) is 5.77. The molecular formula is C12H13ClN4O. The van der Waals surface area contributed by atoms with E-state index in [-0.39, 0.29) is 10.6 Å². The van der Waals surface area contributed by atoms with Crippen LogP contribution in [0.5, 0.6) is 0 Å². The van der Waals surface area contributed by atoms with Gasteiger partial charge in [-0.25, -0.2) is 4.68 Å². The zero-order chi connectivity index (χ0) is 13.1. The molecule has 6 heteroatoms. The normalized spacial score (nSPS) is 10.4. The molecule has 2 rings (SSSR count). The Balaban J connectivity index is 2.34. The molecule has 0 atom stereocenters. The highest BCUT2D eigenvalue weighted by atomic mass is 35.5. The molecule has 1 aromatic carbocycles. The fraction of sp³-hybridized carbons (Fsp3) is 0.167. The number of nitrogens with zero attached hydrogens (tertiary/aromatic N) is 2. The largest absolute Gasteiger partial charge is 0.353 e. The summed E-state index contributed by atoms with van der Waals surface area (Å²) in [6, 6.07) is 7.57. The van der Waals surface area contributed by atoms with Gasteiger partial charge in [-0.05, 0) is 17.7 Å². The van der Waals surface area contributed by atoms with E-state index in [2.05, 4.69) is 10.4 Å². The summed E-state index contributed by atoms with van der Waals surface area (Å²) in [5.74, 6) is 0. The Morgan fingerprint density at radius 1 is 1.50 bits per heavy atom. The number of aryl methyl sites for hydroxylation is 1. The summed E-state index contributed by atoms with van der Waals surface area (Å²) in [7, 11) is 1.55. The third-order valence-corrected chi connectivity index (χ3v) is 2.89. The molecule has 0 spiro atoms. The predicted octanol–water partition coefficient (Wildman–Crippen LogP) is 1.64. The van der Waals surface area contributed by atoms with Crippen molar-refractivity contribution in [3.05, 3.63) is 51.4 Å². The minimum Gasteiger partial charge on any atom is -0.353 e. The fourth-order valence-electron chi connectivity index (χ4n) is 1.53. The van der Waals surface area contributed by atoms with Crippen molar-refractivity contribution < 1.29 is 0 Å². The van der Waals surface area contributed by atoms with E-state index in [1.54, 1.807) is 7.05 Å². The molecule has 5 nitrogen and oxygen atoms in total. The Bertz CT molecular complexity index is 624. The maximum Gasteiger partial charge on any atom is 0.287 e. The van der Waals surface area contributed by atoms with Gasteiger partial charge in [0.15, 0.2) is 0 Å². The van der Waals surface area contributed by atoms with Crippen LogP contribution in [0.1, 0.15) is 5.56 Å². The number of rotatable bonds is 3. The van der Waals surface area contributed by atoms with Crippen molar-refractivity contribution in [3.63, 3.8) is 0 Å². The van der Waals surface area contributed by atoms with Crippen LogP contribution >= 0.6 is 11.6 Å². The Kier molecular flexibility index (Phi) is 3.64. The molecule has 0 radical (unpaired) electrons. The summed E-state index contributed by atoms with van der Waals surface area (Å²) in [5, 5.41) is 7.08. The smallest absolute Gasteiger partial charge is 0.287 e. The van der Waals surface area contributed by atoms with E-state index in [9.17, 15) is 4.79 Å². The summed E-state index contributed by atoms with van der Waals surface area (Å²) in [6.07, 6.45) is 1.51. The zero-order valence-electron chi connectivity index (χ0n) is 9.85. The first-order valence-electron chi connectivity index (χ1n) is 5.39. The van der Waals surface area contributed by atoms with Crippen LogP contribution in [-0.4, -0.2) is 9.78 Å². The van der Waals surface area contributed by atoms with Gasteiger partial charge in [0.2, 0.25) is 0 Å². The van der Waals surface area contributed by atoms with Crippen molar-refractivity contribution in [3.8, 4) is 0 Å². The van der Waals surface area contributed by atoms with Crippen molar-refractivity contribution in [2.24, 2.45) is 12.8 Å². The van der Waals surface area contributed by atoms with Crippen LogP contribution in [0, 0.1) is 0 Å². The topological polar surface area (TPSA) is 72.9 Å². The zero-order valence-corrected chi connectivity index (χ0v) is 10.6. The second-order valence-corrected chi connectivity index (χ2v) is 4.21. The molecule has 0 amide bonds. The predicted molar refractivity (Wildman–Crippen MR) is 72.1 cm³/mol. The van der Waals surface area contributed by atoms with Crippen LogP contribution in [-0.2, 0) is 13.6 Å². The Labute approximate surface area is 109 Å². The Morgan fingerprint density at radius 2 is 2.28 bits per heavy atom. The van der Waals surface area contributed by atoms with Crippen LogP contribution in [0.25, 0.3) is 0 Å². The highest BCUT2D eigenvalue weighted by molar-refractivity contribution is 6.33. The SMILES string of the molecule is Cn1ncc(Nc2cccc(CN)c2)c(Cl)c1=O. The van der Waals surface area contributed by atoms with Crippen molar-refractivity contribution in [1.29, 1.82) is 0 Å². The van der Waals surface area contributed by atoms with Crippen LogP contribution in [0.2, 0.25) is 5.02 Å². The van der Waals surface area contributed by atoms with Gasteiger partial charge in [-0.2, -0.15) is 5.10 Å². The van der Waals surface area contributed by atoms with Crippen LogP contribution in [0.4, 0.5) is 11.4 Å². The Morgan fingerprint density at radius 3 is 3.00 bits per heavy atom. The summed E-state index contributed by atoms with van der Waals surface area (Å²) in [6.45, 7) is 0.456. The average molecular weight is 265 g/mol. The molecule has 0 aliphatic heterocycles. The molecule has 0 unspecified atom stereocenters. The minimum absolute atomic E-state index is 0.116. The number of hydrogen-bond acceptors (Lipinski definition) is 4. The second kappa shape index (κ2) is 5.20. The van der Waals surface area contributed by atoms with E-state index in [4.69, 9.17) is 17.3 Å². The molecule has 0 bridgehead atoms. The molecule has 0 aliphatic rings. The van der Waals surface area contributed by atoms with Gasteiger partial charge in [0, 0.05) is 19.3 Å². The van der Waals surface area contributed by atoms with Crippen molar-refractivity contribution >= 4 is 23.0 Å². The lowest BCUT2D eigenvalue weighted by atomic mass is 10.2. The molecule has 0 saturated heterocycles. The van der Waals surface area contributed by atoms with Crippen LogP contribution in [0.3, 0.4) is 0 Å². The van der Waals surface area contributed by atoms with E-state index in [0.717, 1.165) is 11.3 Å². The number of halogens is 1. The second-order valence-electron chi connectivity index (χ2n) is 3.83. The number of hydrogen-bond donors (Lipinski definition) is 2. The van der Waals surface area contributed by atoms with Gasteiger partial charge in [0.1, 0.15) is 5.02 Å². The lowest BCUT2D eigenvalue weighted by molar-refractivity contribution is 0.709. The molecule has 18 heavy (non-hydrogen) atoms. The number of aromatic nitrogens is 2. The lowest BCUT2D eigenvalue weighted by Crippen LogP contribution is -2.20. The molecule has 0 aliphatic carbocycles. The van der Waals surface area contributed by atoms with Gasteiger partial charge < -0.3 is 11.1 Å². The first-order chi connectivity index (χ1) is 8.61. The third-order valence-electron chi connectivity index (χ3n) is 2.52. The molecular weight excluding hydrogens is 252 g/mol. The molecule has 3 N–H and O–H groups in total. The summed E-state index contributed by atoms with van der Waals surface area (Å²) in [5.41, 5.74) is 7.52. The summed E-state index contributed by atoms with van der Waals surface area (Å²) in [4.78, 5) is 11.6. The van der Waals surface area contributed by atoms with Gasteiger partial charge in [-0.1, -0.05) is 23.7 Å². The van der Waals surface area contributed by atoms with E-state index in [1.807, 2.05) is 24.3 Å². The highest BCUT2D eigenvalue weighted by Crippen LogP contribution is 2.21.